The lowest BCUT2D eigenvalue weighted by molar-refractivity contribution is -0.137. The molecule has 0 radical (unpaired) electrons. The molecule has 1 heterocycles. The third-order valence-corrected chi connectivity index (χ3v) is 3.29. The van der Waals surface area contributed by atoms with Crippen LogP contribution in [-0.4, -0.2) is 18.6 Å². The average molecular weight is 298 g/mol. The second-order valence-corrected chi connectivity index (χ2v) is 4.94. The first-order valence-electron chi connectivity index (χ1n) is 6.35. The number of carbonyl (C=O) groups excluding carboxylic acids is 1. The van der Waals surface area contributed by atoms with E-state index in [-0.39, 0.29) is 35.8 Å². The van der Waals surface area contributed by atoms with E-state index in [9.17, 15) is 18.0 Å². The molecule has 0 aliphatic carbocycles. The Hall–Kier alpha value is -2.07. The third-order valence-electron chi connectivity index (χ3n) is 3.29. The van der Waals surface area contributed by atoms with Crippen molar-refractivity contribution in [3.05, 3.63) is 29.3 Å². The van der Waals surface area contributed by atoms with Crippen LogP contribution >= 0.6 is 0 Å². The van der Waals surface area contributed by atoms with E-state index in [1.165, 1.54) is 0 Å². The molecular weight excluding hydrogens is 285 g/mol. The van der Waals surface area contributed by atoms with Crippen LogP contribution in [0.4, 0.5) is 18.9 Å². The summed E-state index contributed by atoms with van der Waals surface area (Å²) in [6.45, 7) is 2.11. The maximum atomic E-state index is 12.6. The van der Waals surface area contributed by atoms with Gasteiger partial charge in [0.1, 0.15) is 6.07 Å². The number of ether oxygens (including phenoxy) is 1. The highest BCUT2D eigenvalue weighted by molar-refractivity contribution is 5.94. The number of nitriles is 1. The van der Waals surface area contributed by atoms with Crippen LogP contribution in [0.2, 0.25) is 0 Å². The molecule has 1 fully saturated rings. The Bertz CT molecular complexity index is 593. The number of carbonyl (C=O) groups is 1. The van der Waals surface area contributed by atoms with Crippen molar-refractivity contribution in [2.45, 2.75) is 25.6 Å². The highest BCUT2D eigenvalue weighted by atomic mass is 19.4. The van der Waals surface area contributed by atoms with Gasteiger partial charge in [-0.1, -0.05) is 0 Å². The van der Waals surface area contributed by atoms with E-state index in [0.717, 1.165) is 18.2 Å². The van der Waals surface area contributed by atoms with Crippen LogP contribution in [0.15, 0.2) is 18.2 Å². The van der Waals surface area contributed by atoms with E-state index in [2.05, 4.69) is 5.32 Å². The summed E-state index contributed by atoms with van der Waals surface area (Å²) >= 11 is 0. The minimum Gasteiger partial charge on any atom is -0.378 e. The number of anilines is 1. The minimum absolute atomic E-state index is 0.0243. The van der Waals surface area contributed by atoms with Crippen LogP contribution in [-0.2, 0) is 15.7 Å². The lowest BCUT2D eigenvalue weighted by atomic mass is 10.0. The fourth-order valence-corrected chi connectivity index (χ4v) is 2.16. The molecule has 7 heteroatoms. The molecule has 0 bridgehead atoms. The van der Waals surface area contributed by atoms with Crippen LogP contribution in [0.5, 0.6) is 0 Å². The van der Waals surface area contributed by atoms with Gasteiger partial charge >= 0.3 is 6.18 Å². The summed E-state index contributed by atoms with van der Waals surface area (Å²) in [6, 6.07) is 4.33. The monoisotopic (exact) mass is 298 g/mol. The number of rotatable bonds is 2. The highest BCUT2D eigenvalue weighted by Crippen LogP contribution is 2.32. The summed E-state index contributed by atoms with van der Waals surface area (Å²) in [5, 5.41) is 11.4. The number of alkyl halides is 3. The molecule has 1 saturated heterocycles. The van der Waals surface area contributed by atoms with Crippen molar-refractivity contribution in [2.75, 3.05) is 11.9 Å². The van der Waals surface area contributed by atoms with Gasteiger partial charge in [0, 0.05) is 0 Å². The number of hydrogen-bond acceptors (Lipinski definition) is 3. The number of nitrogens with zero attached hydrogens (tertiary/aromatic N) is 1. The van der Waals surface area contributed by atoms with Crippen molar-refractivity contribution in [1.82, 2.24) is 0 Å². The first kappa shape index (κ1) is 15.3. The summed E-state index contributed by atoms with van der Waals surface area (Å²) in [7, 11) is 0. The Morgan fingerprint density at radius 3 is 2.71 bits per heavy atom. The maximum Gasteiger partial charge on any atom is 0.416 e. The Balaban J connectivity index is 2.17. The molecule has 0 spiro atoms. The van der Waals surface area contributed by atoms with Crippen molar-refractivity contribution in [2.24, 2.45) is 5.92 Å². The number of benzene rings is 1. The van der Waals surface area contributed by atoms with Crippen LogP contribution < -0.4 is 5.32 Å². The highest BCUT2D eigenvalue weighted by Gasteiger charge is 2.32. The molecule has 1 N–H and O–H groups in total. The molecule has 2 rings (SSSR count). The summed E-state index contributed by atoms with van der Waals surface area (Å²) in [5.41, 5.74) is -1.06. The topological polar surface area (TPSA) is 62.1 Å². The van der Waals surface area contributed by atoms with Gasteiger partial charge in [0.2, 0.25) is 5.91 Å². The van der Waals surface area contributed by atoms with Gasteiger partial charge in [0.15, 0.2) is 0 Å². The Morgan fingerprint density at radius 2 is 2.19 bits per heavy atom. The third kappa shape index (κ3) is 3.52. The predicted molar refractivity (Wildman–Crippen MR) is 68.3 cm³/mol. The van der Waals surface area contributed by atoms with E-state index >= 15 is 0 Å². The lowest BCUT2D eigenvalue weighted by Gasteiger charge is -2.13. The van der Waals surface area contributed by atoms with E-state index < -0.39 is 11.7 Å². The molecule has 112 valence electrons. The fraction of sp³-hybridized carbons (Fsp3) is 0.429. The van der Waals surface area contributed by atoms with Gasteiger partial charge in [-0.3, -0.25) is 4.79 Å². The summed E-state index contributed by atoms with van der Waals surface area (Å²) in [6.07, 6.45) is -4.00. The molecule has 4 nitrogen and oxygen atoms in total. The van der Waals surface area contributed by atoms with Crippen molar-refractivity contribution < 1.29 is 22.7 Å². The normalized spacial score (nSPS) is 21.9. The first-order valence-corrected chi connectivity index (χ1v) is 6.35. The average Bonchev–Trinajstić information content (AvgIpc) is 2.84. The Labute approximate surface area is 119 Å². The fourth-order valence-electron chi connectivity index (χ4n) is 2.16. The molecule has 2 atom stereocenters. The van der Waals surface area contributed by atoms with Crippen molar-refractivity contribution >= 4 is 11.6 Å². The molecule has 21 heavy (non-hydrogen) atoms. The van der Waals surface area contributed by atoms with Gasteiger partial charge in [-0.25, -0.2) is 0 Å². The standard InChI is InChI=1S/C14H13F3N2O2/c1-8-4-10(7-21-8)13(20)19-12-3-2-11(14(15,16)17)5-9(12)6-18/h2-3,5,8,10H,4,7H2,1H3,(H,19,20). The minimum atomic E-state index is -4.52. The SMILES string of the molecule is CC1CC(C(=O)Nc2ccc(C(F)(F)F)cc2C#N)CO1. The summed E-state index contributed by atoms with van der Waals surface area (Å²) < 4.78 is 43.0. The number of amides is 1. The van der Waals surface area contributed by atoms with Gasteiger partial charge in [-0.05, 0) is 31.5 Å². The Kier molecular flexibility index (Phi) is 4.19. The number of hydrogen-bond donors (Lipinski definition) is 1. The largest absolute Gasteiger partial charge is 0.416 e. The van der Waals surface area contributed by atoms with Gasteiger partial charge in [0.25, 0.3) is 0 Å². The van der Waals surface area contributed by atoms with E-state index in [1.807, 2.05) is 6.92 Å². The maximum absolute atomic E-state index is 12.6. The first-order chi connectivity index (χ1) is 9.81. The molecule has 0 saturated carbocycles. The van der Waals surface area contributed by atoms with Crippen LogP contribution in [0.3, 0.4) is 0 Å². The van der Waals surface area contributed by atoms with E-state index in [4.69, 9.17) is 10.00 Å². The summed E-state index contributed by atoms with van der Waals surface area (Å²) in [5.74, 6) is -0.704. The van der Waals surface area contributed by atoms with Crippen molar-refractivity contribution in [3.8, 4) is 6.07 Å². The molecular formula is C14H13F3N2O2. The van der Waals surface area contributed by atoms with Crippen LogP contribution in [0.1, 0.15) is 24.5 Å². The van der Waals surface area contributed by atoms with Gasteiger partial charge in [-0.2, -0.15) is 18.4 Å². The lowest BCUT2D eigenvalue weighted by Crippen LogP contribution is -2.23. The molecule has 2 unspecified atom stereocenters. The second-order valence-electron chi connectivity index (χ2n) is 4.94. The molecule has 1 aliphatic heterocycles. The Morgan fingerprint density at radius 1 is 1.48 bits per heavy atom. The molecule has 1 aromatic carbocycles. The van der Waals surface area contributed by atoms with Gasteiger partial charge in [-0.15, -0.1) is 0 Å². The van der Waals surface area contributed by atoms with Crippen molar-refractivity contribution in [3.63, 3.8) is 0 Å². The van der Waals surface area contributed by atoms with Gasteiger partial charge < -0.3 is 10.1 Å². The van der Waals surface area contributed by atoms with Gasteiger partial charge in [0.05, 0.1) is 35.4 Å². The quantitative estimate of drug-likeness (QED) is 0.913. The molecule has 1 aromatic rings. The van der Waals surface area contributed by atoms with E-state index in [0.29, 0.717) is 6.42 Å². The molecule has 0 aromatic heterocycles. The van der Waals surface area contributed by atoms with E-state index in [1.54, 1.807) is 6.07 Å². The van der Waals surface area contributed by atoms with Crippen LogP contribution in [0, 0.1) is 17.2 Å². The zero-order valence-electron chi connectivity index (χ0n) is 11.2. The predicted octanol–water partition coefficient (Wildman–Crippen LogP) is 2.94. The van der Waals surface area contributed by atoms with Crippen molar-refractivity contribution in [1.29, 1.82) is 5.26 Å². The van der Waals surface area contributed by atoms with Crippen LogP contribution in [0.25, 0.3) is 0 Å². The second kappa shape index (κ2) is 5.74. The number of nitrogens with one attached hydrogen (secondary N) is 1. The molecule has 1 amide bonds. The summed E-state index contributed by atoms with van der Waals surface area (Å²) in [4.78, 5) is 12.0. The smallest absolute Gasteiger partial charge is 0.378 e. The zero-order chi connectivity index (χ0) is 15.6. The zero-order valence-corrected chi connectivity index (χ0v) is 11.2. The number of halogens is 3. The molecule has 1 aliphatic rings.